The van der Waals surface area contributed by atoms with Crippen LogP contribution in [-0.2, 0) is 10.3 Å². The van der Waals surface area contributed by atoms with E-state index in [2.05, 4.69) is 23.4 Å². The minimum absolute atomic E-state index is 0.732. The summed E-state index contributed by atoms with van der Waals surface area (Å²) in [5.74, 6) is 0. The van der Waals surface area contributed by atoms with Crippen LogP contribution in [0.25, 0.3) is 0 Å². The molecule has 0 aliphatic rings. The van der Waals surface area contributed by atoms with E-state index in [1.54, 1.807) is 4.83 Å². The minimum Gasteiger partial charge on any atom is -0.273 e. The summed E-state index contributed by atoms with van der Waals surface area (Å²) in [4.78, 5) is 1.66. The van der Waals surface area contributed by atoms with Gasteiger partial charge in [-0.05, 0) is 6.42 Å². The Hall–Kier alpha value is -0.250. The van der Waals surface area contributed by atoms with E-state index < -0.39 is 10.3 Å². The molecule has 5 N–H and O–H groups in total. The van der Waals surface area contributed by atoms with Crippen LogP contribution in [0, 0.1) is 0 Å². The first-order valence-corrected chi connectivity index (χ1v) is 8.47. The average Bonchev–Trinajstić information content (AvgIpc) is 2.34. The zero-order valence-corrected chi connectivity index (χ0v) is 12.6. The van der Waals surface area contributed by atoms with Crippen LogP contribution in [-0.4, -0.2) is 19.5 Å². The van der Waals surface area contributed by atoms with Crippen molar-refractivity contribution >= 4 is 10.3 Å². The van der Waals surface area contributed by atoms with Gasteiger partial charge in [0.2, 0.25) is 0 Å². The lowest BCUT2D eigenvalue weighted by atomic mass is 10.1. The SMILES string of the molecule is CCCCCCCCCCCNNNNS(=O)(=O)O. The molecule has 19 heavy (non-hydrogen) atoms. The maximum absolute atomic E-state index is 10.2. The second-order valence-corrected chi connectivity index (χ2v) is 5.74. The molecule has 0 amide bonds. The van der Waals surface area contributed by atoms with Gasteiger partial charge in [-0.3, -0.25) is 4.55 Å². The topological polar surface area (TPSA) is 102 Å². The highest BCUT2D eigenvalue weighted by Crippen LogP contribution is 2.08. The van der Waals surface area contributed by atoms with Crippen LogP contribution >= 0.6 is 0 Å². The Balaban J connectivity index is 3.03. The van der Waals surface area contributed by atoms with Gasteiger partial charge in [-0.15, -0.1) is 4.83 Å². The van der Waals surface area contributed by atoms with Crippen molar-refractivity contribution in [2.75, 3.05) is 6.54 Å². The molecule has 0 aromatic rings. The number of hydrogen-bond acceptors (Lipinski definition) is 5. The number of hydrazine groups is 3. The third-order valence-electron chi connectivity index (χ3n) is 2.74. The zero-order chi connectivity index (χ0) is 14.4. The van der Waals surface area contributed by atoms with E-state index in [0.29, 0.717) is 0 Å². The summed E-state index contributed by atoms with van der Waals surface area (Å²) in [5.41, 5.74) is 7.30. The Morgan fingerprint density at radius 3 is 1.89 bits per heavy atom. The molecule has 0 aromatic carbocycles. The third-order valence-corrected chi connectivity index (χ3v) is 3.10. The number of nitrogens with one attached hydrogen (secondary N) is 4. The monoisotopic (exact) mass is 296 g/mol. The average molecular weight is 296 g/mol. The molecule has 8 heteroatoms. The van der Waals surface area contributed by atoms with Crippen LogP contribution in [0.1, 0.15) is 64.7 Å². The Morgan fingerprint density at radius 2 is 1.37 bits per heavy atom. The van der Waals surface area contributed by atoms with Crippen molar-refractivity contribution in [3.8, 4) is 0 Å². The molecular formula is C11H28N4O3S. The second-order valence-electron chi connectivity index (χ2n) is 4.58. The molecular weight excluding hydrogens is 268 g/mol. The van der Waals surface area contributed by atoms with Crippen molar-refractivity contribution in [2.45, 2.75) is 64.7 Å². The minimum atomic E-state index is -4.20. The lowest BCUT2D eigenvalue weighted by Gasteiger charge is -2.07. The van der Waals surface area contributed by atoms with Crippen molar-refractivity contribution in [1.82, 2.24) is 21.3 Å². The van der Waals surface area contributed by atoms with E-state index in [1.807, 2.05) is 0 Å². The number of unbranched alkanes of at least 4 members (excludes halogenated alkanes) is 8. The molecule has 0 saturated carbocycles. The van der Waals surface area contributed by atoms with Crippen molar-refractivity contribution in [2.24, 2.45) is 0 Å². The van der Waals surface area contributed by atoms with Crippen molar-refractivity contribution in [1.29, 1.82) is 0 Å². The molecule has 0 saturated heterocycles. The number of hydrogen-bond donors (Lipinski definition) is 5. The smallest absolute Gasteiger partial charge is 0.273 e. The molecule has 0 aromatic heterocycles. The van der Waals surface area contributed by atoms with Gasteiger partial charge >= 0.3 is 10.3 Å². The van der Waals surface area contributed by atoms with E-state index in [-0.39, 0.29) is 0 Å². The Labute approximate surface area is 116 Å². The van der Waals surface area contributed by atoms with E-state index in [4.69, 9.17) is 4.55 Å². The van der Waals surface area contributed by atoms with Gasteiger partial charge in [0.05, 0.1) is 0 Å². The summed E-state index contributed by atoms with van der Waals surface area (Å²) in [7, 11) is -4.20. The molecule has 0 unspecified atom stereocenters. The van der Waals surface area contributed by atoms with Gasteiger partial charge in [0, 0.05) is 6.54 Å². The Kier molecular flexibility index (Phi) is 12.6. The van der Waals surface area contributed by atoms with Crippen molar-refractivity contribution in [3.05, 3.63) is 0 Å². The van der Waals surface area contributed by atoms with Gasteiger partial charge in [-0.2, -0.15) is 19.5 Å². The Bertz CT molecular complexity index is 286. The first kappa shape index (κ1) is 18.8. The molecule has 0 aliphatic carbocycles. The maximum Gasteiger partial charge on any atom is 0.347 e. The Morgan fingerprint density at radius 1 is 0.842 bits per heavy atom. The molecule has 116 valence electrons. The summed E-state index contributed by atoms with van der Waals surface area (Å²) < 4.78 is 28.8. The molecule has 0 rings (SSSR count). The predicted molar refractivity (Wildman–Crippen MR) is 76.2 cm³/mol. The zero-order valence-electron chi connectivity index (χ0n) is 11.7. The summed E-state index contributed by atoms with van der Waals surface area (Å²) in [6, 6.07) is 0. The van der Waals surface area contributed by atoms with Crippen molar-refractivity contribution < 1.29 is 13.0 Å². The predicted octanol–water partition coefficient (Wildman–Crippen LogP) is 1.42. The fourth-order valence-electron chi connectivity index (χ4n) is 1.72. The maximum atomic E-state index is 10.2. The van der Waals surface area contributed by atoms with Crippen LogP contribution in [0.4, 0.5) is 0 Å². The standard InChI is InChI=1S/C11H28N4O3S/c1-2-3-4-5-6-7-8-9-10-11-12-13-14-15-19(16,17)18/h12-15H,2-11H2,1H3,(H,16,17,18). The van der Waals surface area contributed by atoms with Crippen LogP contribution in [0.15, 0.2) is 0 Å². The first-order valence-electron chi connectivity index (χ1n) is 7.03. The van der Waals surface area contributed by atoms with Crippen LogP contribution in [0.5, 0.6) is 0 Å². The quantitative estimate of drug-likeness (QED) is 0.189. The highest BCUT2D eigenvalue weighted by molar-refractivity contribution is 7.83. The van der Waals surface area contributed by atoms with Crippen molar-refractivity contribution in [3.63, 3.8) is 0 Å². The van der Waals surface area contributed by atoms with Crippen LogP contribution in [0.2, 0.25) is 0 Å². The van der Waals surface area contributed by atoms with Gasteiger partial charge in [-0.25, -0.2) is 5.43 Å². The highest BCUT2D eigenvalue weighted by Gasteiger charge is 1.98. The summed E-state index contributed by atoms with van der Waals surface area (Å²) >= 11 is 0. The van der Waals surface area contributed by atoms with Gasteiger partial charge in [-0.1, -0.05) is 58.3 Å². The highest BCUT2D eigenvalue weighted by atomic mass is 32.2. The molecule has 0 aliphatic heterocycles. The first-order chi connectivity index (χ1) is 9.06. The van der Waals surface area contributed by atoms with E-state index in [0.717, 1.165) is 19.4 Å². The summed E-state index contributed by atoms with van der Waals surface area (Å²) in [6.45, 7) is 2.96. The molecule has 0 bridgehead atoms. The van der Waals surface area contributed by atoms with Gasteiger partial charge in [0.1, 0.15) is 0 Å². The lowest BCUT2D eigenvalue weighted by Crippen LogP contribution is -2.52. The third kappa shape index (κ3) is 17.8. The van der Waals surface area contributed by atoms with Gasteiger partial charge in [0.15, 0.2) is 0 Å². The molecule has 0 heterocycles. The molecule has 0 atom stereocenters. The van der Waals surface area contributed by atoms with Crippen LogP contribution < -0.4 is 21.3 Å². The fraction of sp³-hybridized carbons (Fsp3) is 1.00. The molecule has 0 radical (unpaired) electrons. The summed E-state index contributed by atoms with van der Waals surface area (Å²) in [6.07, 6.45) is 11.4. The van der Waals surface area contributed by atoms with E-state index in [9.17, 15) is 8.42 Å². The van der Waals surface area contributed by atoms with Gasteiger partial charge in [0.25, 0.3) is 0 Å². The molecule has 7 nitrogen and oxygen atoms in total. The van der Waals surface area contributed by atoms with E-state index >= 15 is 0 Å². The largest absolute Gasteiger partial charge is 0.347 e. The van der Waals surface area contributed by atoms with E-state index in [1.165, 1.54) is 44.9 Å². The summed E-state index contributed by atoms with van der Waals surface area (Å²) in [5, 5.41) is 0. The second kappa shape index (κ2) is 12.8. The number of rotatable bonds is 14. The normalized spacial score (nSPS) is 11.9. The lowest BCUT2D eigenvalue weighted by molar-refractivity contribution is 0.381. The molecule has 0 spiro atoms. The fourth-order valence-corrected chi connectivity index (χ4v) is 1.90. The van der Waals surface area contributed by atoms with Gasteiger partial charge < -0.3 is 0 Å². The van der Waals surface area contributed by atoms with Crippen LogP contribution in [0.3, 0.4) is 0 Å². The molecule has 0 fully saturated rings.